The fourth-order valence-corrected chi connectivity index (χ4v) is 4.45. The quantitative estimate of drug-likeness (QED) is 0.635. The number of hydrogen-bond acceptors (Lipinski definition) is 2. The third kappa shape index (κ3) is 1.88. The zero-order valence-electron chi connectivity index (χ0n) is 11.5. The van der Waals surface area contributed by atoms with Crippen LogP contribution in [0.5, 0.6) is 0 Å². The highest BCUT2D eigenvalue weighted by atomic mass is 32.1. The highest BCUT2D eigenvalue weighted by Crippen LogP contribution is 2.39. The molecular formula is C18H17NS. The first-order chi connectivity index (χ1) is 9.83. The van der Waals surface area contributed by atoms with Gasteiger partial charge in [-0.15, -0.1) is 11.3 Å². The maximum Gasteiger partial charge on any atom is 0.0696 e. The van der Waals surface area contributed by atoms with Crippen LogP contribution in [0.1, 0.15) is 22.0 Å². The number of fused-ring (bicyclic) bond motifs is 2. The van der Waals surface area contributed by atoms with Crippen LogP contribution in [0, 0.1) is 0 Å². The van der Waals surface area contributed by atoms with E-state index in [0.717, 1.165) is 13.0 Å². The Labute approximate surface area is 123 Å². The van der Waals surface area contributed by atoms with E-state index in [1.54, 1.807) is 0 Å². The second kappa shape index (κ2) is 4.72. The Hall–Kier alpha value is -1.64. The van der Waals surface area contributed by atoms with E-state index >= 15 is 0 Å². The highest BCUT2D eigenvalue weighted by molar-refractivity contribution is 7.19. The van der Waals surface area contributed by atoms with Crippen LogP contribution in [0.25, 0.3) is 10.1 Å². The molecule has 1 unspecified atom stereocenters. The first kappa shape index (κ1) is 12.1. The van der Waals surface area contributed by atoms with Gasteiger partial charge in [0.25, 0.3) is 0 Å². The average molecular weight is 279 g/mol. The van der Waals surface area contributed by atoms with Crippen molar-refractivity contribution in [3.05, 3.63) is 70.6 Å². The van der Waals surface area contributed by atoms with E-state index in [-0.39, 0.29) is 0 Å². The molecule has 2 aromatic carbocycles. The fraction of sp³-hybridized carbons (Fsp3) is 0.222. The third-order valence-corrected chi connectivity index (χ3v) is 5.41. The normalized spacial score (nSPS) is 19.1. The Bertz CT molecular complexity index is 726. The minimum atomic E-state index is 0.414. The third-order valence-electron chi connectivity index (χ3n) is 4.24. The van der Waals surface area contributed by atoms with Crippen LogP contribution in [0.4, 0.5) is 0 Å². The standard InChI is InChI=1S/C18H17NS/c1-19-11-10-13-6-2-4-8-15(13)18(19)17-12-14-7-3-5-9-16(14)20-17/h2-9,12,18H,10-11H2,1H3. The molecule has 1 aliphatic heterocycles. The van der Waals surface area contributed by atoms with Crippen molar-refractivity contribution in [3.63, 3.8) is 0 Å². The van der Waals surface area contributed by atoms with Crippen molar-refractivity contribution >= 4 is 21.4 Å². The molecule has 1 aliphatic rings. The van der Waals surface area contributed by atoms with E-state index in [4.69, 9.17) is 0 Å². The minimum absolute atomic E-state index is 0.414. The van der Waals surface area contributed by atoms with Crippen molar-refractivity contribution in [3.8, 4) is 0 Å². The molecular weight excluding hydrogens is 262 g/mol. The molecule has 1 aromatic heterocycles. The van der Waals surface area contributed by atoms with Gasteiger partial charge >= 0.3 is 0 Å². The topological polar surface area (TPSA) is 3.24 Å². The summed E-state index contributed by atoms with van der Waals surface area (Å²) in [7, 11) is 2.24. The summed E-state index contributed by atoms with van der Waals surface area (Å²) in [6, 6.07) is 20.4. The largest absolute Gasteiger partial charge is 0.294 e. The van der Waals surface area contributed by atoms with Gasteiger partial charge < -0.3 is 0 Å². The van der Waals surface area contributed by atoms with Crippen LogP contribution in [-0.2, 0) is 6.42 Å². The Morgan fingerprint density at radius 1 is 1.05 bits per heavy atom. The van der Waals surface area contributed by atoms with Crippen molar-refractivity contribution in [2.45, 2.75) is 12.5 Å². The van der Waals surface area contributed by atoms with Crippen LogP contribution < -0.4 is 0 Å². The lowest BCUT2D eigenvalue weighted by Crippen LogP contribution is -2.32. The molecule has 0 spiro atoms. The van der Waals surface area contributed by atoms with Gasteiger partial charge in [-0.1, -0.05) is 42.5 Å². The van der Waals surface area contributed by atoms with Crippen molar-refractivity contribution in [2.24, 2.45) is 0 Å². The molecule has 0 N–H and O–H groups in total. The molecule has 1 atom stereocenters. The number of hydrogen-bond donors (Lipinski definition) is 0. The summed E-state index contributed by atoms with van der Waals surface area (Å²) in [5.41, 5.74) is 2.99. The van der Waals surface area contributed by atoms with Gasteiger partial charge in [-0.3, -0.25) is 4.90 Å². The van der Waals surface area contributed by atoms with Gasteiger partial charge in [-0.25, -0.2) is 0 Å². The van der Waals surface area contributed by atoms with Crippen LogP contribution in [0.2, 0.25) is 0 Å². The first-order valence-corrected chi connectivity index (χ1v) is 7.91. The molecule has 0 saturated heterocycles. The molecule has 20 heavy (non-hydrogen) atoms. The van der Waals surface area contributed by atoms with Crippen LogP contribution in [0.15, 0.2) is 54.6 Å². The smallest absolute Gasteiger partial charge is 0.0696 e. The Balaban J connectivity index is 1.88. The molecule has 0 fully saturated rings. The predicted octanol–water partition coefficient (Wildman–Crippen LogP) is 4.48. The van der Waals surface area contributed by atoms with Crippen LogP contribution in [-0.4, -0.2) is 18.5 Å². The average Bonchev–Trinajstić information content (AvgIpc) is 2.90. The molecule has 0 aliphatic carbocycles. The monoisotopic (exact) mass is 279 g/mol. The highest BCUT2D eigenvalue weighted by Gasteiger charge is 2.27. The van der Waals surface area contributed by atoms with Crippen molar-refractivity contribution < 1.29 is 0 Å². The van der Waals surface area contributed by atoms with E-state index in [2.05, 4.69) is 66.5 Å². The number of thiophene rings is 1. The number of nitrogens with zero attached hydrogens (tertiary/aromatic N) is 1. The van der Waals surface area contributed by atoms with Crippen molar-refractivity contribution in [1.82, 2.24) is 4.90 Å². The Kier molecular flexibility index (Phi) is 2.86. The molecule has 0 saturated carbocycles. The zero-order valence-corrected chi connectivity index (χ0v) is 12.4. The zero-order chi connectivity index (χ0) is 13.5. The van der Waals surface area contributed by atoms with E-state index in [1.807, 2.05) is 11.3 Å². The summed E-state index contributed by atoms with van der Waals surface area (Å²) >= 11 is 1.93. The first-order valence-electron chi connectivity index (χ1n) is 7.09. The minimum Gasteiger partial charge on any atom is -0.294 e. The maximum atomic E-state index is 2.48. The molecule has 1 nitrogen and oxygen atoms in total. The lowest BCUT2D eigenvalue weighted by molar-refractivity contribution is 0.268. The van der Waals surface area contributed by atoms with Crippen LogP contribution >= 0.6 is 11.3 Å². The fourth-order valence-electron chi connectivity index (χ4n) is 3.20. The van der Waals surface area contributed by atoms with Gasteiger partial charge in [0.05, 0.1) is 6.04 Å². The molecule has 2 heteroatoms. The van der Waals surface area contributed by atoms with E-state index in [9.17, 15) is 0 Å². The lowest BCUT2D eigenvalue weighted by Gasteiger charge is -2.34. The van der Waals surface area contributed by atoms with E-state index in [1.165, 1.54) is 26.1 Å². The maximum absolute atomic E-state index is 2.48. The van der Waals surface area contributed by atoms with Gasteiger partial charge in [0, 0.05) is 16.1 Å². The van der Waals surface area contributed by atoms with Gasteiger partial charge in [-0.05, 0) is 42.1 Å². The molecule has 0 bridgehead atoms. The molecule has 2 heterocycles. The number of benzene rings is 2. The predicted molar refractivity (Wildman–Crippen MR) is 86.4 cm³/mol. The summed E-state index contributed by atoms with van der Waals surface area (Å²) < 4.78 is 1.39. The van der Waals surface area contributed by atoms with Crippen molar-refractivity contribution in [2.75, 3.05) is 13.6 Å². The van der Waals surface area contributed by atoms with Gasteiger partial charge in [0.1, 0.15) is 0 Å². The second-order valence-corrected chi connectivity index (χ2v) is 6.63. The summed E-state index contributed by atoms with van der Waals surface area (Å²) in [4.78, 5) is 3.94. The van der Waals surface area contributed by atoms with Gasteiger partial charge in [0.2, 0.25) is 0 Å². The lowest BCUT2D eigenvalue weighted by atomic mass is 9.92. The summed E-state index contributed by atoms with van der Waals surface area (Å²) in [5.74, 6) is 0. The number of likely N-dealkylation sites (N-methyl/N-ethyl adjacent to an activating group) is 1. The SMILES string of the molecule is CN1CCc2ccccc2C1c1cc2ccccc2s1. The number of rotatable bonds is 1. The summed E-state index contributed by atoms with van der Waals surface area (Å²) in [6.07, 6.45) is 1.16. The molecule has 100 valence electrons. The van der Waals surface area contributed by atoms with Crippen molar-refractivity contribution in [1.29, 1.82) is 0 Å². The molecule has 0 amide bonds. The van der Waals surface area contributed by atoms with Gasteiger partial charge in [0.15, 0.2) is 0 Å². The Morgan fingerprint density at radius 3 is 2.75 bits per heavy atom. The van der Waals surface area contributed by atoms with Crippen LogP contribution in [0.3, 0.4) is 0 Å². The van der Waals surface area contributed by atoms with Gasteiger partial charge in [-0.2, -0.15) is 0 Å². The summed E-state index contributed by atoms with van der Waals surface area (Å²) in [6.45, 7) is 1.13. The van der Waals surface area contributed by atoms with E-state index in [0.29, 0.717) is 6.04 Å². The second-order valence-electron chi connectivity index (χ2n) is 5.52. The Morgan fingerprint density at radius 2 is 1.85 bits per heavy atom. The summed E-state index contributed by atoms with van der Waals surface area (Å²) in [5, 5.41) is 1.36. The molecule has 0 radical (unpaired) electrons. The molecule has 3 aromatic rings. The molecule has 4 rings (SSSR count). The van der Waals surface area contributed by atoms with E-state index < -0.39 is 0 Å².